The molecule has 7 nitrogen and oxygen atoms in total. The van der Waals surface area contributed by atoms with Crippen LogP contribution in [0.4, 0.5) is 4.39 Å². The number of piperidine rings is 1. The van der Waals surface area contributed by atoms with Gasteiger partial charge in [-0.2, -0.15) is 4.31 Å². The van der Waals surface area contributed by atoms with E-state index >= 15 is 0 Å². The molecule has 0 unspecified atom stereocenters. The molecule has 2 aliphatic heterocycles. The first-order chi connectivity index (χ1) is 14.5. The van der Waals surface area contributed by atoms with Gasteiger partial charge in [0.1, 0.15) is 25.1 Å². The van der Waals surface area contributed by atoms with Crippen LogP contribution in [-0.2, 0) is 10.0 Å². The van der Waals surface area contributed by atoms with E-state index in [-0.39, 0.29) is 16.8 Å². The number of hydrogen-bond acceptors (Lipinski definition) is 7. The van der Waals surface area contributed by atoms with Gasteiger partial charge in [-0.05, 0) is 43.2 Å². The van der Waals surface area contributed by atoms with Gasteiger partial charge in [-0.3, -0.25) is 0 Å². The second-order valence-corrected chi connectivity index (χ2v) is 10.0. The van der Waals surface area contributed by atoms with Gasteiger partial charge < -0.3 is 14.2 Å². The number of sulfonamides is 1. The zero-order chi connectivity index (χ0) is 20.7. The highest BCUT2D eigenvalue weighted by molar-refractivity contribution is 7.89. The molecular weight excluding hydrogens is 431 g/mol. The number of halogens is 1. The summed E-state index contributed by atoms with van der Waals surface area (Å²) in [5.41, 5.74) is 0.690. The van der Waals surface area contributed by atoms with Gasteiger partial charge in [0.15, 0.2) is 11.5 Å². The van der Waals surface area contributed by atoms with Crippen LogP contribution >= 0.6 is 11.3 Å². The average Bonchev–Trinajstić information content (AvgIpc) is 3.15. The SMILES string of the molecule is O=S(=O)(c1ccc2c(c1)OCCO2)N1CCC(Oc2nc3ccc(F)cc3s2)CC1. The predicted molar refractivity (Wildman–Crippen MR) is 109 cm³/mol. The second-order valence-electron chi connectivity index (χ2n) is 7.12. The Balaban J connectivity index is 1.25. The number of rotatable bonds is 4. The first kappa shape index (κ1) is 19.5. The molecular formula is C20H19FN2O5S2. The van der Waals surface area contributed by atoms with Crippen molar-refractivity contribution in [2.45, 2.75) is 23.8 Å². The number of ether oxygens (including phenoxy) is 3. The molecule has 0 aliphatic carbocycles. The van der Waals surface area contributed by atoms with Crippen molar-refractivity contribution in [3.8, 4) is 16.7 Å². The van der Waals surface area contributed by atoms with Crippen LogP contribution in [0.2, 0.25) is 0 Å². The van der Waals surface area contributed by atoms with Crippen molar-refractivity contribution in [2.75, 3.05) is 26.3 Å². The van der Waals surface area contributed by atoms with E-state index in [4.69, 9.17) is 14.2 Å². The van der Waals surface area contributed by atoms with Crippen molar-refractivity contribution in [2.24, 2.45) is 0 Å². The lowest BCUT2D eigenvalue weighted by Gasteiger charge is -2.31. The zero-order valence-electron chi connectivity index (χ0n) is 15.9. The minimum Gasteiger partial charge on any atom is -0.486 e. The number of fused-ring (bicyclic) bond motifs is 2. The van der Waals surface area contributed by atoms with Crippen molar-refractivity contribution in [1.29, 1.82) is 0 Å². The molecule has 2 aliphatic rings. The molecule has 0 saturated carbocycles. The van der Waals surface area contributed by atoms with Crippen LogP contribution in [0.15, 0.2) is 41.3 Å². The molecule has 0 radical (unpaired) electrons. The lowest BCUT2D eigenvalue weighted by Crippen LogP contribution is -2.41. The van der Waals surface area contributed by atoms with E-state index in [9.17, 15) is 12.8 Å². The molecule has 0 bridgehead atoms. The molecule has 158 valence electrons. The van der Waals surface area contributed by atoms with Gasteiger partial charge in [-0.1, -0.05) is 11.3 Å². The quantitative estimate of drug-likeness (QED) is 0.606. The van der Waals surface area contributed by atoms with Gasteiger partial charge >= 0.3 is 0 Å². The van der Waals surface area contributed by atoms with E-state index in [1.807, 2.05) is 0 Å². The Morgan fingerprint density at radius 1 is 1.07 bits per heavy atom. The summed E-state index contributed by atoms with van der Waals surface area (Å²) in [5.74, 6) is 0.700. The van der Waals surface area contributed by atoms with E-state index in [0.717, 1.165) is 4.70 Å². The maximum absolute atomic E-state index is 13.4. The largest absolute Gasteiger partial charge is 0.486 e. The molecule has 0 atom stereocenters. The lowest BCUT2D eigenvalue weighted by molar-refractivity contribution is 0.135. The molecule has 5 rings (SSSR count). The summed E-state index contributed by atoms with van der Waals surface area (Å²) in [4.78, 5) is 4.57. The van der Waals surface area contributed by atoms with E-state index in [0.29, 0.717) is 61.4 Å². The summed E-state index contributed by atoms with van der Waals surface area (Å²) in [5, 5.41) is 0.476. The Hall–Kier alpha value is -2.43. The summed E-state index contributed by atoms with van der Waals surface area (Å²) < 4.78 is 58.5. The van der Waals surface area contributed by atoms with Gasteiger partial charge in [-0.25, -0.2) is 17.8 Å². The monoisotopic (exact) mass is 450 g/mol. The third kappa shape index (κ3) is 3.70. The minimum absolute atomic E-state index is 0.137. The Kier molecular flexibility index (Phi) is 5.00. The van der Waals surface area contributed by atoms with Crippen LogP contribution in [0.1, 0.15) is 12.8 Å². The zero-order valence-corrected chi connectivity index (χ0v) is 17.5. The number of nitrogens with zero attached hydrogens (tertiary/aromatic N) is 2. The fraction of sp³-hybridized carbons (Fsp3) is 0.350. The molecule has 1 saturated heterocycles. The summed E-state index contributed by atoms with van der Waals surface area (Å²) in [6.45, 7) is 1.55. The maximum atomic E-state index is 13.4. The molecule has 0 N–H and O–H groups in total. The van der Waals surface area contributed by atoms with Crippen molar-refractivity contribution >= 4 is 31.6 Å². The van der Waals surface area contributed by atoms with Crippen molar-refractivity contribution in [3.63, 3.8) is 0 Å². The van der Waals surface area contributed by atoms with Crippen LogP contribution in [0, 0.1) is 5.82 Å². The number of aromatic nitrogens is 1. The summed E-state index contributed by atoms with van der Waals surface area (Å²) >= 11 is 1.29. The van der Waals surface area contributed by atoms with Crippen LogP contribution in [0.3, 0.4) is 0 Å². The van der Waals surface area contributed by atoms with Crippen LogP contribution in [0.25, 0.3) is 10.2 Å². The summed E-state index contributed by atoms with van der Waals surface area (Å²) in [7, 11) is -3.63. The maximum Gasteiger partial charge on any atom is 0.274 e. The summed E-state index contributed by atoms with van der Waals surface area (Å²) in [6.07, 6.45) is 0.962. The van der Waals surface area contributed by atoms with Crippen LogP contribution < -0.4 is 14.2 Å². The van der Waals surface area contributed by atoms with E-state index in [2.05, 4.69) is 4.98 Å². The van der Waals surface area contributed by atoms with Crippen LogP contribution in [0.5, 0.6) is 16.7 Å². The summed E-state index contributed by atoms with van der Waals surface area (Å²) in [6, 6.07) is 9.12. The number of hydrogen-bond donors (Lipinski definition) is 0. The topological polar surface area (TPSA) is 78.0 Å². The molecule has 0 spiro atoms. The van der Waals surface area contributed by atoms with E-state index < -0.39 is 10.0 Å². The van der Waals surface area contributed by atoms with Gasteiger partial charge in [0, 0.05) is 19.2 Å². The lowest BCUT2D eigenvalue weighted by atomic mass is 10.1. The standard InChI is InChI=1S/C20H19FN2O5S2/c21-13-1-3-16-19(11-13)29-20(22-16)28-14-5-7-23(8-6-14)30(24,25)15-2-4-17-18(12-15)27-10-9-26-17/h1-4,11-12,14H,5-10H2. The van der Waals surface area contributed by atoms with Gasteiger partial charge in [-0.15, -0.1) is 0 Å². The normalized spacial score (nSPS) is 17.9. The molecule has 3 heterocycles. The van der Waals surface area contributed by atoms with E-state index in [1.54, 1.807) is 18.2 Å². The molecule has 2 aromatic carbocycles. The average molecular weight is 451 g/mol. The fourth-order valence-corrected chi connectivity index (χ4v) is 5.99. The highest BCUT2D eigenvalue weighted by Gasteiger charge is 2.31. The van der Waals surface area contributed by atoms with Crippen molar-refractivity contribution in [1.82, 2.24) is 9.29 Å². The first-order valence-corrected chi connectivity index (χ1v) is 11.9. The van der Waals surface area contributed by atoms with Crippen molar-refractivity contribution < 1.29 is 27.0 Å². The second kappa shape index (κ2) is 7.68. The van der Waals surface area contributed by atoms with Crippen molar-refractivity contribution in [3.05, 3.63) is 42.2 Å². The number of benzene rings is 2. The minimum atomic E-state index is -3.63. The smallest absolute Gasteiger partial charge is 0.274 e. The van der Waals surface area contributed by atoms with Gasteiger partial charge in [0.05, 0.1) is 15.1 Å². The predicted octanol–water partition coefficient (Wildman–Crippen LogP) is 3.44. The van der Waals surface area contributed by atoms with Gasteiger partial charge in [0.25, 0.3) is 5.19 Å². The van der Waals surface area contributed by atoms with E-state index in [1.165, 1.54) is 33.8 Å². The van der Waals surface area contributed by atoms with Gasteiger partial charge in [0.2, 0.25) is 10.0 Å². The Bertz CT molecular complexity index is 1190. The fourth-order valence-electron chi connectivity index (χ4n) is 3.59. The molecule has 3 aromatic rings. The molecule has 10 heteroatoms. The third-order valence-corrected chi connectivity index (χ3v) is 7.95. The molecule has 0 amide bonds. The number of thiazole rings is 1. The Morgan fingerprint density at radius 2 is 1.83 bits per heavy atom. The molecule has 1 fully saturated rings. The Morgan fingerprint density at radius 3 is 2.63 bits per heavy atom. The Labute approximate surface area is 177 Å². The molecule has 1 aromatic heterocycles. The highest BCUT2D eigenvalue weighted by Crippen LogP contribution is 2.34. The highest BCUT2D eigenvalue weighted by atomic mass is 32.2. The molecule has 30 heavy (non-hydrogen) atoms. The third-order valence-electron chi connectivity index (χ3n) is 5.15. The van der Waals surface area contributed by atoms with Crippen LogP contribution in [-0.4, -0.2) is 50.1 Å². The first-order valence-electron chi connectivity index (χ1n) is 9.61.